The first-order chi connectivity index (χ1) is 13.0. The largest absolute Gasteiger partial charge is 0.486 e. The van der Waals surface area contributed by atoms with E-state index < -0.39 is 29.4 Å². The molecular weight excluding hydrogens is 384 g/mol. The molecule has 0 unspecified atom stereocenters. The molecule has 1 aromatic rings. The first-order valence-corrected chi connectivity index (χ1v) is 10.0. The van der Waals surface area contributed by atoms with E-state index in [1.54, 1.807) is 32.9 Å². The molecule has 0 fully saturated rings. The summed E-state index contributed by atoms with van der Waals surface area (Å²) in [6.45, 7) is 6.42. The Morgan fingerprint density at radius 2 is 2.00 bits per heavy atom. The molecule has 2 rings (SSSR count). The SMILES string of the molecule is CSC(=N)c1ccc2c(c1)CC[C@H]([C@](C)(ONC(=O)OC(C)(C)C)C(=O)O)O2. The van der Waals surface area contributed by atoms with Crippen LogP contribution < -0.4 is 10.2 Å². The third kappa shape index (κ3) is 5.17. The van der Waals surface area contributed by atoms with Crippen LogP contribution in [0.5, 0.6) is 5.75 Å². The fourth-order valence-corrected chi connectivity index (χ4v) is 3.09. The highest BCUT2D eigenvalue weighted by Crippen LogP contribution is 2.34. The number of carboxylic acids is 1. The number of nitrogens with one attached hydrogen (secondary N) is 2. The van der Waals surface area contributed by atoms with Crippen molar-refractivity contribution in [1.29, 1.82) is 5.41 Å². The molecule has 8 nitrogen and oxygen atoms in total. The molecular formula is C19H26N2O6S. The molecule has 1 aromatic carbocycles. The summed E-state index contributed by atoms with van der Waals surface area (Å²) in [5.74, 6) is -0.722. The quantitative estimate of drug-likeness (QED) is 0.387. The minimum atomic E-state index is -1.81. The van der Waals surface area contributed by atoms with Crippen molar-refractivity contribution in [3.05, 3.63) is 29.3 Å². The van der Waals surface area contributed by atoms with Gasteiger partial charge >= 0.3 is 12.1 Å². The number of ether oxygens (including phenoxy) is 2. The molecule has 1 aliphatic heterocycles. The number of hydrogen-bond acceptors (Lipinski definition) is 7. The van der Waals surface area contributed by atoms with Crippen LogP contribution in [0.1, 0.15) is 45.2 Å². The van der Waals surface area contributed by atoms with E-state index in [2.05, 4.69) is 5.48 Å². The van der Waals surface area contributed by atoms with Crippen LogP contribution in [0.4, 0.5) is 4.79 Å². The molecule has 0 radical (unpaired) electrons. The molecule has 2 atom stereocenters. The smallest absolute Gasteiger partial charge is 0.431 e. The van der Waals surface area contributed by atoms with Gasteiger partial charge in [0.2, 0.25) is 5.60 Å². The Balaban J connectivity index is 2.14. The zero-order valence-corrected chi connectivity index (χ0v) is 17.4. The van der Waals surface area contributed by atoms with Crippen molar-refractivity contribution in [2.75, 3.05) is 6.26 Å². The van der Waals surface area contributed by atoms with Gasteiger partial charge in [-0.15, -0.1) is 11.8 Å². The van der Waals surface area contributed by atoms with Gasteiger partial charge in [-0.3, -0.25) is 5.41 Å². The Morgan fingerprint density at radius 3 is 2.57 bits per heavy atom. The summed E-state index contributed by atoms with van der Waals surface area (Å²) in [4.78, 5) is 29.0. The van der Waals surface area contributed by atoms with Gasteiger partial charge in [-0.25, -0.2) is 14.4 Å². The van der Waals surface area contributed by atoms with Crippen molar-refractivity contribution in [2.45, 2.75) is 57.8 Å². The topological polar surface area (TPSA) is 118 Å². The van der Waals surface area contributed by atoms with Gasteiger partial charge in [-0.05, 0) is 70.6 Å². The van der Waals surface area contributed by atoms with Crippen LogP contribution in [0.2, 0.25) is 0 Å². The lowest BCUT2D eigenvalue weighted by molar-refractivity contribution is -0.190. The Kier molecular flexibility index (Phi) is 6.61. The molecule has 0 spiro atoms. The van der Waals surface area contributed by atoms with Crippen LogP contribution in [-0.4, -0.2) is 45.8 Å². The summed E-state index contributed by atoms with van der Waals surface area (Å²) in [5, 5.41) is 18.1. The monoisotopic (exact) mass is 410 g/mol. The van der Waals surface area contributed by atoms with Crippen molar-refractivity contribution in [3.63, 3.8) is 0 Å². The van der Waals surface area contributed by atoms with Crippen LogP contribution >= 0.6 is 11.8 Å². The highest BCUT2D eigenvalue weighted by Gasteiger charge is 2.47. The van der Waals surface area contributed by atoms with E-state index in [-0.39, 0.29) is 0 Å². The first-order valence-electron chi connectivity index (χ1n) is 8.79. The van der Waals surface area contributed by atoms with E-state index in [4.69, 9.17) is 19.7 Å². The zero-order chi connectivity index (χ0) is 21.1. The maximum atomic E-state index is 11.9. The number of benzene rings is 1. The van der Waals surface area contributed by atoms with E-state index in [9.17, 15) is 14.7 Å². The molecule has 154 valence electrons. The van der Waals surface area contributed by atoms with Gasteiger partial charge in [0, 0.05) is 5.56 Å². The number of hydrogen-bond donors (Lipinski definition) is 3. The van der Waals surface area contributed by atoms with Crippen LogP contribution in [-0.2, 0) is 20.8 Å². The summed E-state index contributed by atoms with van der Waals surface area (Å²) in [7, 11) is 0. The highest BCUT2D eigenvalue weighted by molar-refractivity contribution is 8.13. The molecule has 9 heteroatoms. The average Bonchev–Trinajstić information content (AvgIpc) is 2.63. The van der Waals surface area contributed by atoms with E-state index in [0.29, 0.717) is 23.6 Å². The van der Waals surface area contributed by atoms with E-state index in [0.717, 1.165) is 11.1 Å². The molecule has 1 aliphatic rings. The highest BCUT2D eigenvalue weighted by atomic mass is 32.2. The molecule has 28 heavy (non-hydrogen) atoms. The number of carboxylic acid groups (broad SMARTS) is 1. The molecule has 1 heterocycles. The number of carbonyl (C=O) groups is 2. The fraction of sp³-hybridized carbons (Fsp3) is 0.526. The maximum Gasteiger partial charge on any atom is 0.431 e. The summed E-state index contributed by atoms with van der Waals surface area (Å²) in [6, 6.07) is 5.37. The summed E-state index contributed by atoms with van der Waals surface area (Å²) >= 11 is 1.34. The molecule has 0 aromatic heterocycles. The Bertz CT molecular complexity index is 776. The van der Waals surface area contributed by atoms with E-state index >= 15 is 0 Å². The van der Waals surface area contributed by atoms with Gasteiger partial charge in [0.25, 0.3) is 0 Å². The second kappa shape index (κ2) is 8.40. The zero-order valence-electron chi connectivity index (χ0n) is 16.6. The van der Waals surface area contributed by atoms with Crippen LogP contribution in [0.3, 0.4) is 0 Å². The fourth-order valence-electron chi connectivity index (χ4n) is 2.73. The number of aryl methyl sites for hydroxylation is 1. The predicted molar refractivity (Wildman–Crippen MR) is 106 cm³/mol. The summed E-state index contributed by atoms with van der Waals surface area (Å²) in [6.07, 6.45) is 1.08. The predicted octanol–water partition coefficient (Wildman–Crippen LogP) is 3.37. The lowest BCUT2D eigenvalue weighted by Gasteiger charge is -2.36. The molecule has 0 aliphatic carbocycles. The van der Waals surface area contributed by atoms with Gasteiger partial charge < -0.3 is 14.6 Å². The van der Waals surface area contributed by atoms with Crippen LogP contribution in [0.15, 0.2) is 18.2 Å². The number of carbonyl (C=O) groups excluding carboxylic acids is 1. The van der Waals surface area contributed by atoms with Gasteiger partial charge in [0.15, 0.2) is 0 Å². The maximum absolute atomic E-state index is 11.9. The normalized spacial score (nSPS) is 18.2. The van der Waals surface area contributed by atoms with Crippen LogP contribution in [0.25, 0.3) is 0 Å². The number of rotatable bonds is 5. The second-order valence-corrected chi connectivity index (χ2v) is 8.44. The molecule has 0 bridgehead atoms. The lowest BCUT2D eigenvalue weighted by atomic mass is 9.90. The lowest BCUT2D eigenvalue weighted by Crippen LogP contribution is -2.56. The van der Waals surface area contributed by atoms with Crippen molar-refractivity contribution >= 4 is 28.9 Å². The standard InChI is InChI=1S/C19H26N2O6S/c1-18(2,3)26-17(24)21-27-19(4,16(22)23)14-9-7-11-10-12(15(20)28-5)6-8-13(11)25-14/h6,8,10,14,20H,7,9H2,1-5H3,(H,21,24)(H,22,23)/t14-,19+/m1/s1. The number of amides is 1. The molecule has 0 saturated heterocycles. The second-order valence-electron chi connectivity index (χ2n) is 7.62. The van der Waals surface area contributed by atoms with Gasteiger partial charge in [0.1, 0.15) is 17.5 Å². The van der Waals surface area contributed by atoms with Gasteiger partial charge in [-0.1, -0.05) is 0 Å². The van der Waals surface area contributed by atoms with E-state index in [1.165, 1.54) is 18.7 Å². The summed E-state index contributed by atoms with van der Waals surface area (Å²) < 4.78 is 11.0. The molecule has 3 N–H and O–H groups in total. The van der Waals surface area contributed by atoms with Crippen molar-refractivity contribution in [2.24, 2.45) is 0 Å². The Morgan fingerprint density at radius 1 is 1.32 bits per heavy atom. The minimum absolute atomic E-state index is 0.377. The third-order valence-electron chi connectivity index (χ3n) is 4.26. The number of fused-ring (bicyclic) bond motifs is 1. The third-order valence-corrected chi connectivity index (χ3v) is 4.90. The molecule has 1 amide bonds. The van der Waals surface area contributed by atoms with Crippen LogP contribution in [0, 0.1) is 5.41 Å². The van der Waals surface area contributed by atoms with Crippen molar-refractivity contribution < 1.29 is 29.0 Å². The number of hydroxylamine groups is 1. The first kappa shape index (κ1) is 22.0. The molecule has 0 saturated carbocycles. The minimum Gasteiger partial charge on any atom is -0.486 e. The number of aliphatic carboxylic acids is 1. The van der Waals surface area contributed by atoms with E-state index in [1.807, 2.05) is 12.3 Å². The average molecular weight is 410 g/mol. The van der Waals surface area contributed by atoms with Gasteiger partial charge in [0.05, 0.1) is 5.04 Å². The van der Waals surface area contributed by atoms with Gasteiger partial charge in [-0.2, -0.15) is 5.48 Å². The van der Waals surface area contributed by atoms with Crippen molar-refractivity contribution in [1.82, 2.24) is 5.48 Å². The Labute approximate surface area is 168 Å². The summed E-state index contributed by atoms with van der Waals surface area (Å²) in [5.41, 5.74) is 1.21. The Hall–Kier alpha value is -2.26. The number of thioether (sulfide) groups is 1. The van der Waals surface area contributed by atoms with Crippen molar-refractivity contribution in [3.8, 4) is 5.75 Å².